The van der Waals surface area contributed by atoms with Crippen molar-refractivity contribution in [3.05, 3.63) is 29.8 Å². The molecule has 1 aromatic carbocycles. The van der Waals surface area contributed by atoms with Gasteiger partial charge in [-0.05, 0) is 38.2 Å². The van der Waals surface area contributed by atoms with Gasteiger partial charge in [0.2, 0.25) is 5.91 Å². The molecule has 0 fully saturated rings. The van der Waals surface area contributed by atoms with Gasteiger partial charge in [-0.15, -0.1) is 12.4 Å². The Morgan fingerprint density at radius 2 is 1.86 bits per heavy atom. The van der Waals surface area contributed by atoms with Gasteiger partial charge in [-0.1, -0.05) is 6.07 Å². The lowest BCUT2D eigenvalue weighted by Crippen LogP contribution is -2.34. The Morgan fingerprint density at radius 3 is 2.55 bits per heavy atom. The minimum atomic E-state index is -0.182. The third-order valence-electron chi connectivity index (χ3n) is 2.90. The number of amides is 2. The zero-order valence-corrected chi connectivity index (χ0v) is 13.8. The van der Waals surface area contributed by atoms with E-state index in [1.165, 1.54) is 0 Å². The van der Waals surface area contributed by atoms with Crippen LogP contribution in [0.2, 0.25) is 0 Å². The molecule has 7 heteroatoms. The summed E-state index contributed by atoms with van der Waals surface area (Å²) < 4.78 is 5.07. The van der Waals surface area contributed by atoms with Crippen molar-refractivity contribution < 1.29 is 14.3 Å². The van der Waals surface area contributed by atoms with E-state index in [0.29, 0.717) is 30.8 Å². The highest BCUT2D eigenvalue weighted by Gasteiger charge is 2.06. The van der Waals surface area contributed by atoms with Gasteiger partial charge in [-0.2, -0.15) is 0 Å². The number of benzene rings is 1. The second-order valence-electron chi connectivity index (χ2n) is 4.54. The highest BCUT2D eigenvalue weighted by molar-refractivity contribution is 5.94. The molecule has 0 spiro atoms. The molecule has 1 aromatic rings. The topological polar surface area (TPSA) is 79.5 Å². The first-order valence-corrected chi connectivity index (χ1v) is 7.01. The van der Waals surface area contributed by atoms with E-state index in [2.05, 4.69) is 16.0 Å². The quantitative estimate of drug-likeness (QED) is 0.590. The summed E-state index contributed by atoms with van der Waals surface area (Å²) in [5, 5.41) is 8.50. The van der Waals surface area contributed by atoms with Crippen molar-refractivity contribution in [1.29, 1.82) is 0 Å². The van der Waals surface area contributed by atoms with E-state index in [1.807, 2.05) is 7.05 Å². The molecule has 0 saturated heterocycles. The molecule has 0 radical (unpaired) electrons. The Balaban J connectivity index is 0.00000441. The molecule has 1 rings (SSSR count). The van der Waals surface area contributed by atoms with Crippen molar-refractivity contribution in [3.63, 3.8) is 0 Å². The molecule has 6 nitrogen and oxygen atoms in total. The molecule has 0 atom stereocenters. The van der Waals surface area contributed by atoms with Crippen molar-refractivity contribution in [2.75, 3.05) is 33.8 Å². The molecule has 0 aliphatic rings. The van der Waals surface area contributed by atoms with Crippen LogP contribution in [-0.2, 0) is 4.79 Å². The fourth-order valence-electron chi connectivity index (χ4n) is 1.76. The van der Waals surface area contributed by atoms with Crippen LogP contribution in [0, 0.1) is 0 Å². The van der Waals surface area contributed by atoms with Gasteiger partial charge in [0.25, 0.3) is 5.91 Å². The summed E-state index contributed by atoms with van der Waals surface area (Å²) in [5.74, 6) is 0.458. The van der Waals surface area contributed by atoms with Gasteiger partial charge in [0, 0.05) is 25.1 Å². The van der Waals surface area contributed by atoms with Gasteiger partial charge in [-0.25, -0.2) is 0 Å². The van der Waals surface area contributed by atoms with Crippen LogP contribution < -0.4 is 20.7 Å². The van der Waals surface area contributed by atoms with Crippen LogP contribution in [0.15, 0.2) is 24.3 Å². The molecule has 0 saturated carbocycles. The highest BCUT2D eigenvalue weighted by Crippen LogP contribution is 2.11. The lowest BCUT2D eigenvalue weighted by molar-refractivity contribution is -0.121. The van der Waals surface area contributed by atoms with Gasteiger partial charge in [-0.3, -0.25) is 9.59 Å². The number of halogens is 1. The Morgan fingerprint density at radius 1 is 1.14 bits per heavy atom. The van der Waals surface area contributed by atoms with Gasteiger partial charge >= 0.3 is 0 Å². The number of nitrogens with one attached hydrogen (secondary N) is 3. The normalized spacial score (nSPS) is 9.55. The fraction of sp³-hybridized carbons (Fsp3) is 0.467. The largest absolute Gasteiger partial charge is 0.497 e. The summed E-state index contributed by atoms with van der Waals surface area (Å²) in [4.78, 5) is 23.3. The van der Waals surface area contributed by atoms with E-state index < -0.39 is 0 Å². The minimum Gasteiger partial charge on any atom is -0.497 e. The lowest BCUT2D eigenvalue weighted by Gasteiger charge is -2.08. The van der Waals surface area contributed by atoms with Crippen molar-refractivity contribution in [3.8, 4) is 5.75 Å². The molecule has 0 aliphatic heterocycles. The highest BCUT2D eigenvalue weighted by atomic mass is 35.5. The van der Waals surface area contributed by atoms with Crippen LogP contribution in [0.25, 0.3) is 0 Å². The predicted octanol–water partition coefficient (Wildman–Crippen LogP) is 0.963. The van der Waals surface area contributed by atoms with Gasteiger partial charge < -0.3 is 20.7 Å². The minimum absolute atomic E-state index is 0. The summed E-state index contributed by atoms with van der Waals surface area (Å²) in [7, 11) is 3.41. The average Bonchev–Trinajstić information content (AvgIpc) is 2.51. The zero-order chi connectivity index (χ0) is 15.5. The van der Waals surface area contributed by atoms with Gasteiger partial charge in [0.15, 0.2) is 0 Å². The second-order valence-corrected chi connectivity index (χ2v) is 4.54. The van der Waals surface area contributed by atoms with Crippen LogP contribution in [0.4, 0.5) is 0 Å². The Bertz CT molecular complexity index is 469. The molecule has 2 amide bonds. The van der Waals surface area contributed by atoms with Crippen LogP contribution in [-0.4, -0.2) is 45.6 Å². The van der Waals surface area contributed by atoms with E-state index in [9.17, 15) is 9.59 Å². The first-order chi connectivity index (χ1) is 10.2. The average molecular weight is 330 g/mol. The number of hydrogen-bond acceptors (Lipinski definition) is 4. The van der Waals surface area contributed by atoms with Gasteiger partial charge in [0.1, 0.15) is 5.75 Å². The van der Waals surface area contributed by atoms with Crippen molar-refractivity contribution >= 4 is 24.2 Å². The number of carbonyl (C=O) groups excluding carboxylic acids is 2. The monoisotopic (exact) mass is 329 g/mol. The van der Waals surface area contributed by atoms with Crippen molar-refractivity contribution in [2.45, 2.75) is 12.8 Å². The summed E-state index contributed by atoms with van der Waals surface area (Å²) in [6.07, 6.45) is 1.29. The summed E-state index contributed by atoms with van der Waals surface area (Å²) in [6, 6.07) is 6.93. The second kappa shape index (κ2) is 11.8. The first-order valence-electron chi connectivity index (χ1n) is 7.01. The summed E-state index contributed by atoms with van der Waals surface area (Å²) in [5.41, 5.74) is 0.537. The molecule has 0 heterocycles. The molecule has 124 valence electrons. The fourth-order valence-corrected chi connectivity index (χ4v) is 1.76. The third kappa shape index (κ3) is 7.85. The maximum absolute atomic E-state index is 11.9. The van der Waals surface area contributed by atoms with Crippen LogP contribution >= 0.6 is 12.4 Å². The van der Waals surface area contributed by atoms with E-state index in [4.69, 9.17) is 4.74 Å². The van der Waals surface area contributed by atoms with Crippen LogP contribution in [0.5, 0.6) is 5.75 Å². The number of carbonyl (C=O) groups is 2. The van der Waals surface area contributed by atoms with E-state index >= 15 is 0 Å². The Hall–Kier alpha value is -1.79. The van der Waals surface area contributed by atoms with Crippen LogP contribution in [0.3, 0.4) is 0 Å². The Labute approximate surface area is 137 Å². The standard InChI is InChI=1S/C15H23N3O3.ClH/c1-16-8-4-7-14(19)17-9-10-18-15(20)12-5-3-6-13(11-12)21-2;/h3,5-6,11,16H,4,7-10H2,1-2H3,(H,17,19)(H,18,20);1H. The summed E-state index contributed by atoms with van der Waals surface area (Å²) >= 11 is 0. The smallest absolute Gasteiger partial charge is 0.251 e. The van der Waals surface area contributed by atoms with Crippen molar-refractivity contribution in [2.24, 2.45) is 0 Å². The molecule has 0 unspecified atom stereocenters. The zero-order valence-electron chi connectivity index (χ0n) is 13.0. The maximum atomic E-state index is 11.9. The molecule has 22 heavy (non-hydrogen) atoms. The van der Waals surface area contributed by atoms with Crippen molar-refractivity contribution in [1.82, 2.24) is 16.0 Å². The lowest BCUT2D eigenvalue weighted by atomic mass is 10.2. The van der Waals surface area contributed by atoms with Crippen LogP contribution in [0.1, 0.15) is 23.2 Å². The molecule has 0 bridgehead atoms. The third-order valence-corrected chi connectivity index (χ3v) is 2.90. The predicted molar refractivity (Wildman–Crippen MR) is 88.7 cm³/mol. The van der Waals surface area contributed by atoms with E-state index in [-0.39, 0.29) is 24.2 Å². The summed E-state index contributed by atoms with van der Waals surface area (Å²) in [6.45, 7) is 1.64. The first kappa shape index (κ1) is 20.2. The Kier molecular flexibility index (Phi) is 10.9. The van der Waals surface area contributed by atoms with E-state index in [1.54, 1.807) is 31.4 Å². The van der Waals surface area contributed by atoms with Gasteiger partial charge in [0.05, 0.1) is 7.11 Å². The number of ether oxygens (including phenoxy) is 1. The molecule has 3 N–H and O–H groups in total. The molecular weight excluding hydrogens is 306 g/mol. The SMILES string of the molecule is CNCCCC(=O)NCCNC(=O)c1cccc(OC)c1.Cl. The number of methoxy groups -OCH3 is 1. The number of hydrogen-bond donors (Lipinski definition) is 3. The maximum Gasteiger partial charge on any atom is 0.251 e. The molecule has 0 aromatic heterocycles. The van der Waals surface area contributed by atoms with E-state index in [0.717, 1.165) is 13.0 Å². The number of rotatable bonds is 9. The molecular formula is C15H24ClN3O3. The molecule has 0 aliphatic carbocycles.